The summed E-state index contributed by atoms with van der Waals surface area (Å²) in [7, 11) is 0. The Morgan fingerprint density at radius 2 is 1.88 bits per heavy atom. The second kappa shape index (κ2) is 4.48. The summed E-state index contributed by atoms with van der Waals surface area (Å²) >= 11 is 0. The Morgan fingerprint density at radius 3 is 2.25 bits per heavy atom. The van der Waals surface area contributed by atoms with Crippen LogP contribution < -0.4 is 0 Å². The molecule has 92 valence electrons. The molecule has 0 aliphatic heterocycles. The van der Waals surface area contributed by atoms with Gasteiger partial charge in [0.15, 0.2) is 0 Å². The minimum absolute atomic E-state index is 0.0538. The summed E-state index contributed by atoms with van der Waals surface area (Å²) in [4.78, 5) is 0. The minimum atomic E-state index is -0.0538. The molecule has 0 saturated carbocycles. The first-order chi connectivity index (χ1) is 7.27. The van der Waals surface area contributed by atoms with Crippen molar-refractivity contribution in [2.24, 2.45) is 5.92 Å². The molecule has 0 aliphatic rings. The van der Waals surface area contributed by atoms with Crippen LogP contribution in [0.4, 0.5) is 0 Å². The van der Waals surface area contributed by atoms with Crippen LogP contribution in [0.5, 0.6) is 5.88 Å². The average molecular weight is 224 g/mol. The highest BCUT2D eigenvalue weighted by molar-refractivity contribution is 5.37. The zero-order chi connectivity index (χ0) is 12.5. The molecule has 0 atom stereocenters. The second-order valence-electron chi connectivity index (χ2n) is 5.81. The van der Waals surface area contributed by atoms with Crippen molar-refractivity contribution in [3.8, 4) is 5.88 Å². The minimum Gasteiger partial charge on any atom is -0.493 e. The van der Waals surface area contributed by atoms with E-state index in [1.54, 1.807) is 4.68 Å². The van der Waals surface area contributed by atoms with Gasteiger partial charge in [0.2, 0.25) is 5.88 Å². The van der Waals surface area contributed by atoms with Crippen LogP contribution in [0.3, 0.4) is 0 Å². The molecule has 0 spiro atoms. The van der Waals surface area contributed by atoms with Gasteiger partial charge in [0.05, 0.1) is 5.69 Å². The van der Waals surface area contributed by atoms with Crippen LogP contribution >= 0.6 is 0 Å². The maximum atomic E-state index is 10.2. The van der Waals surface area contributed by atoms with Gasteiger partial charge >= 0.3 is 0 Å². The number of rotatable bonds is 3. The molecule has 3 nitrogen and oxygen atoms in total. The molecule has 16 heavy (non-hydrogen) atoms. The third-order valence-electron chi connectivity index (χ3n) is 2.65. The molecule has 0 aromatic carbocycles. The zero-order valence-corrected chi connectivity index (χ0v) is 11.3. The van der Waals surface area contributed by atoms with E-state index in [2.05, 4.69) is 39.7 Å². The van der Waals surface area contributed by atoms with Gasteiger partial charge < -0.3 is 5.11 Å². The van der Waals surface area contributed by atoms with E-state index in [1.165, 1.54) is 0 Å². The first-order valence-corrected chi connectivity index (χ1v) is 6.06. The molecule has 1 aromatic heterocycles. The molecular formula is C13H24N2O. The van der Waals surface area contributed by atoms with Gasteiger partial charge in [-0.2, -0.15) is 5.10 Å². The van der Waals surface area contributed by atoms with Gasteiger partial charge in [-0.25, -0.2) is 4.68 Å². The summed E-state index contributed by atoms with van der Waals surface area (Å²) in [6.07, 6.45) is 0.924. The summed E-state index contributed by atoms with van der Waals surface area (Å²) in [5.41, 5.74) is 1.99. The van der Waals surface area contributed by atoms with Crippen LogP contribution in [0.1, 0.15) is 52.8 Å². The van der Waals surface area contributed by atoms with Crippen molar-refractivity contribution in [1.82, 2.24) is 9.78 Å². The Labute approximate surface area is 98.5 Å². The highest BCUT2D eigenvalue weighted by atomic mass is 16.3. The molecular weight excluding hydrogens is 200 g/mol. The molecule has 0 amide bonds. The van der Waals surface area contributed by atoms with Crippen molar-refractivity contribution in [2.45, 2.75) is 59.9 Å². The van der Waals surface area contributed by atoms with Crippen molar-refractivity contribution >= 4 is 0 Å². The van der Waals surface area contributed by atoms with E-state index in [9.17, 15) is 5.11 Å². The fourth-order valence-electron chi connectivity index (χ4n) is 2.02. The van der Waals surface area contributed by atoms with Crippen LogP contribution in [-0.4, -0.2) is 14.9 Å². The largest absolute Gasteiger partial charge is 0.493 e. The lowest BCUT2D eigenvalue weighted by atomic mass is 9.85. The van der Waals surface area contributed by atoms with E-state index in [0.717, 1.165) is 17.7 Å². The number of aryl methyl sites for hydroxylation is 1. The van der Waals surface area contributed by atoms with Crippen molar-refractivity contribution < 1.29 is 5.11 Å². The summed E-state index contributed by atoms with van der Waals surface area (Å²) in [5.74, 6) is 0.895. The Bertz CT molecular complexity index is 359. The van der Waals surface area contributed by atoms with Gasteiger partial charge in [0.25, 0.3) is 0 Å². The topological polar surface area (TPSA) is 38.0 Å². The molecule has 0 unspecified atom stereocenters. The number of nitrogens with zero attached hydrogens (tertiary/aromatic N) is 2. The first kappa shape index (κ1) is 13.1. The van der Waals surface area contributed by atoms with E-state index in [0.29, 0.717) is 18.3 Å². The van der Waals surface area contributed by atoms with Crippen LogP contribution in [-0.2, 0) is 18.4 Å². The lowest BCUT2D eigenvalue weighted by molar-refractivity contribution is 0.389. The fraction of sp³-hybridized carbons (Fsp3) is 0.769. The van der Waals surface area contributed by atoms with Gasteiger partial charge in [-0.1, -0.05) is 34.6 Å². The Hall–Kier alpha value is -0.990. The molecule has 0 saturated heterocycles. The highest BCUT2D eigenvalue weighted by Crippen LogP contribution is 2.34. The summed E-state index contributed by atoms with van der Waals surface area (Å²) in [6, 6.07) is 0. The van der Waals surface area contributed by atoms with Crippen molar-refractivity contribution in [2.75, 3.05) is 0 Å². The maximum Gasteiger partial charge on any atom is 0.213 e. The normalized spacial score (nSPS) is 12.4. The quantitative estimate of drug-likeness (QED) is 0.856. The van der Waals surface area contributed by atoms with Gasteiger partial charge in [-0.15, -0.1) is 0 Å². The molecule has 0 radical (unpaired) electrons. The molecule has 0 fully saturated rings. The van der Waals surface area contributed by atoms with E-state index in [4.69, 9.17) is 0 Å². The predicted octanol–water partition coefficient (Wildman–Crippen LogP) is 3.10. The number of aromatic nitrogens is 2. The Kier molecular flexibility index (Phi) is 3.66. The molecule has 3 heteroatoms. The molecule has 1 N–H and O–H groups in total. The zero-order valence-electron chi connectivity index (χ0n) is 11.3. The first-order valence-electron chi connectivity index (χ1n) is 6.06. The van der Waals surface area contributed by atoms with Crippen LogP contribution in [0, 0.1) is 5.92 Å². The van der Waals surface area contributed by atoms with E-state index >= 15 is 0 Å². The lowest BCUT2D eigenvalue weighted by Gasteiger charge is -2.19. The molecule has 0 bridgehead atoms. The third-order valence-corrected chi connectivity index (χ3v) is 2.65. The highest BCUT2D eigenvalue weighted by Gasteiger charge is 2.27. The monoisotopic (exact) mass is 224 g/mol. The number of hydrogen-bond acceptors (Lipinski definition) is 2. The van der Waals surface area contributed by atoms with E-state index in [1.807, 2.05) is 6.92 Å². The van der Waals surface area contributed by atoms with E-state index in [-0.39, 0.29) is 5.41 Å². The van der Waals surface area contributed by atoms with Gasteiger partial charge in [0.1, 0.15) is 0 Å². The molecule has 1 heterocycles. The molecule has 1 rings (SSSR count). The smallest absolute Gasteiger partial charge is 0.213 e. The van der Waals surface area contributed by atoms with Crippen LogP contribution in [0.25, 0.3) is 0 Å². The van der Waals surface area contributed by atoms with Crippen molar-refractivity contribution in [1.29, 1.82) is 0 Å². The van der Waals surface area contributed by atoms with Gasteiger partial charge in [0, 0.05) is 12.1 Å². The van der Waals surface area contributed by atoms with Crippen LogP contribution in [0.2, 0.25) is 0 Å². The molecule has 0 aliphatic carbocycles. The Balaban J connectivity index is 3.25. The standard InChI is InChI=1S/C13H24N2O/c1-7-15-12(16)11(13(4,5)6)10(14-15)8-9(2)3/h9,16H,7-8H2,1-6H3. The summed E-state index contributed by atoms with van der Waals surface area (Å²) in [6.45, 7) is 13.4. The second-order valence-corrected chi connectivity index (χ2v) is 5.81. The predicted molar refractivity (Wildman–Crippen MR) is 66.8 cm³/mol. The van der Waals surface area contributed by atoms with E-state index < -0.39 is 0 Å². The van der Waals surface area contributed by atoms with Crippen molar-refractivity contribution in [3.63, 3.8) is 0 Å². The average Bonchev–Trinajstić information content (AvgIpc) is 2.39. The van der Waals surface area contributed by atoms with Crippen LogP contribution in [0.15, 0.2) is 0 Å². The molecule has 1 aromatic rings. The number of hydrogen-bond donors (Lipinski definition) is 1. The SMILES string of the molecule is CCn1nc(CC(C)C)c(C(C)(C)C)c1O. The lowest BCUT2D eigenvalue weighted by Crippen LogP contribution is -2.14. The Morgan fingerprint density at radius 1 is 1.31 bits per heavy atom. The third kappa shape index (κ3) is 2.57. The van der Waals surface area contributed by atoms with Gasteiger partial charge in [-0.3, -0.25) is 0 Å². The summed E-state index contributed by atoms with van der Waals surface area (Å²) in [5, 5.41) is 14.7. The van der Waals surface area contributed by atoms with Gasteiger partial charge in [-0.05, 0) is 24.7 Å². The summed E-state index contributed by atoms with van der Waals surface area (Å²) < 4.78 is 1.69. The fourth-order valence-corrected chi connectivity index (χ4v) is 2.02. The maximum absolute atomic E-state index is 10.2. The number of aromatic hydroxyl groups is 1. The van der Waals surface area contributed by atoms with Crippen molar-refractivity contribution in [3.05, 3.63) is 11.3 Å².